The fourth-order valence-electron chi connectivity index (χ4n) is 4.12. The Morgan fingerprint density at radius 2 is 2.12 bits per heavy atom. The Kier molecular flexibility index (Phi) is 7.06. The van der Waals surface area contributed by atoms with Crippen molar-refractivity contribution in [1.82, 2.24) is 14.3 Å². The van der Waals surface area contributed by atoms with Crippen molar-refractivity contribution in [2.24, 2.45) is 11.7 Å². The number of ketones is 1. The first-order valence-electron chi connectivity index (χ1n) is 11.2. The lowest BCUT2D eigenvalue weighted by Crippen LogP contribution is -2.37. The van der Waals surface area contributed by atoms with Crippen molar-refractivity contribution in [3.63, 3.8) is 0 Å². The van der Waals surface area contributed by atoms with Crippen molar-refractivity contribution < 1.29 is 9.59 Å². The maximum atomic E-state index is 13.0. The molecule has 178 valence electrons. The minimum Gasteiger partial charge on any atom is -0.378 e. The molecule has 1 amide bonds. The molecule has 0 spiro atoms. The van der Waals surface area contributed by atoms with Crippen LogP contribution in [-0.2, 0) is 0 Å². The summed E-state index contributed by atoms with van der Waals surface area (Å²) >= 11 is 1.28. The van der Waals surface area contributed by atoms with Crippen molar-refractivity contribution in [3.8, 4) is 0 Å². The van der Waals surface area contributed by atoms with Crippen LogP contribution in [0, 0.1) is 12.8 Å². The highest BCUT2D eigenvalue weighted by atomic mass is 32.1. The van der Waals surface area contributed by atoms with Gasteiger partial charge in [-0.15, -0.1) is 0 Å². The fraction of sp³-hybridized carbons (Fsp3) is 0.375. The van der Waals surface area contributed by atoms with Gasteiger partial charge >= 0.3 is 0 Å². The van der Waals surface area contributed by atoms with E-state index in [-0.39, 0.29) is 17.4 Å². The van der Waals surface area contributed by atoms with Gasteiger partial charge in [-0.25, -0.2) is 9.97 Å². The molecule has 1 aliphatic heterocycles. The number of primary amides is 1. The summed E-state index contributed by atoms with van der Waals surface area (Å²) in [4.78, 5) is 37.9. The predicted octanol–water partition coefficient (Wildman–Crippen LogP) is 3.64. The van der Waals surface area contributed by atoms with E-state index in [1.807, 2.05) is 56.3 Å². The highest BCUT2D eigenvalue weighted by Gasteiger charge is 2.25. The van der Waals surface area contributed by atoms with Gasteiger partial charge in [0.15, 0.2) is 17.3 Å². The molecular weight excluding hydrogens is 450 g/mol. The van der Waals surface area contributed by atoms with E-state index in [9.17, 15) is 9.59 Å². The number of anilines is 4. The second kappa shape index (κ2) is 10.2. The lowest BCUT2D eigenvalue weighted by atomic mass is 9.91. The molecule has 1 aromatic carbocycles. The third-order valence-corrected chi connectivity index (χ3v) is 6.66. The highest BCUT2D eigenvalue weighted by molar-refractivity contribution is 7.10. The number of benzene rings is 1. The van der Waals surface area contributed by atoms with Gasteiger partial charge in [-0.2, -0.15) is 4.37 Å². The van der Waals surface area contributed by atoms with Crippen LogP contribution in [0.3, 0.4) is 0 Å². The number of carbonyl (C=O) groups is 2. The minimum absolute atomic E-state index is 0.0827. The van der Waals surface area contributed by atoms with Gasteiger partial charge in [0.1, 0.15) is 10.8 Å². The first-order valence-corrected chi connectivity index (χ1v) is 12.0. The largest absolute Gasteiger partial charge is 0.378 e. The standard InChI is InChI=1S/C24H29N7O2S/c1-15-10-21(34-29-15)28-24-22(23(25)33)26-13-20(27-24)31-9-5-6-16(14-31)11-19(32)17-7-4-8-18(12-17)30(2)3/h4,7-8,10,12-13,16H,5-6,9,11,14H2,1-3H3,(H2,25,33)(H,27,28)/t16-/m0/s1. The van der Waals surface area contributed by atoms with E-state index in [4.69, 9.17) is 5.73 Å². The maximum absolute atomic E-state index is 13.0. The number of nitrogens with zero attached hydrogens (tertiary/aromatic N) is 5. The van der Waals surface area contributed by atoms with Crippen molar-refractivity contribution in [1.29, 1.82) is 0 Å². The Morgan fingerprint density at radius 1 is 1.29 bits per heavy atom. The van der Waals surface area contributed by atoms with E-state index in [0.717, 1.165) is 41.3 Å². The van der Waals surface area contributed by atoms with Gasteiger partial charge in [0.25, 0.3) is 5.91 Å². The number of aryl methyl sites for hydroxylation is 1. The number of aromatic nitrogens is 3. The average molecular weight is 480 g/mol. The Balaban J connectivity index is 1.49. The number of nitrogens with two attached hydrogens (primary N) is 1. The summed E-state index contributed by atoms with van der Waals surface area (Å²) in [5.74, 6) is 0.675. The molecular formula is C24H29N7O2S. The first-order chi connectivity index (χ1) is 16.3. The Hall–Kier alpha value is -3.53. The number of rotatable bonds is 8. The molecule has 0 aliphatic carbocycles. The van der Waals surface area contributed by atoms with Crippen LogP contribution < -0.4 is 20.9 Å². The number of Topliss-reactive ketones (excluding diaryl/α,β-unsaturated/α-hetero) is 1. The van der Waals surface area contributed by atoms with Crippen molar-refractivity contribution in [3.05, 3.63) is 53.5 Å². The summed E-state index contributed by atoms with van der Waals surface area (Å²) in [6.07, 6.45) is 3.98. The molecule has 3 N–H and O–H groups in total. The van der Waals surface area contributed by atoms with Gasteiger partial charge in [-0.1, -0.05) is 12.1 Å². The Labute approximate surface area is 203 Å². The normalized spacial score (nSPS) is 15.7. The second-order valence-corrected chi connectivity index (χ2v) is 9.58. The molecule has 3 heterocycles. The van der Waals surface area contributed by atoms with Gasteiger partial charge in [-0.05, 0) is 55.4 Å². The van der Waals surface area contributed by atoms with Crippen LogP contribution in [0.1, 0.15) is 45.8 Å². The van der Waals surface area contributed by atoms with E-state index in [0.29, 0.717) is 24.6 Å². The number of nitrogens with one attached hydrogen (secondary N) is 1. The van der Waals surface area contributed by atoms with Crippen LogP contribution in [-0.4, -0.2) is 53.2 Å². The van der Waals surface area contributed by atoms with E-state index in [1.165, 1.54) is 11.5 Å². The zero-order valence-electron chi connectivity index (χ0n) is 19.6. The summed E-state index contributed by atoms with van der Waals surface area (Å²) in [5.41, 5.74) is 8.22. The molecule has 2 aromatic heterocycles. The molecule has 1 aliphatic rings. The number of amides is 1. The SMILES string of the molecule is Cc1cc(Nc2nc(N3CCC[C@@H](CC(=O)c4cccc(N(C)C)c4)C3)cnc2C(N)=O)sn1. The molecule has 1 fully saturated rings. The third kappa shape index (κ3) is 5.51. The zero-order chi connectivity index (χ0) is 24.2. The predicted molar refractivity (Wildman–Crippen MR) is 135 cm³/mol. The number of carbonyl (C=O) groups excluding carboxylic acids is 2. The minimum atomic E-state index is -0.648. The smallest absolute Gasteiger partial charge is 0.271 e. The monoisotopic (exact) mass is 479 g/mol. The van der Waals surface area contributed by atoms with Crippen LogP contribution in [0.25, 0.3) is 0 Å². The Bertz CT molecular complexity index is 1190. The van der Waals surface area contributed by atoms with E-state index in [2.05, 4.69) is 24.6 Å². The maximum Gasteiger partial charge on any atom is 0.271 e. The summed E-state index contributed by atoms with van der Waals surface area (Å²) in [5, 5.41) is 3.89. The van der Waals surface area contributed by atoms with Crippen LogP contribution in [0.5, 0.6) is 0 Å². The lowest BCUT2D eigenvalue weighted by Gasteiger charge is -2.33. The molecule has 3 aromatic rings. The lowest BCUT2D eigenvalue weighted by molar-refractivity contribution is 0.0954. The van der Waals surface area contributed by atoms with Crippen molar-refractivity contribution in [2.75, 3.05) is 42.3 Å². The van der Waals surface area contributed by atoms with Gasteiger partial charge in [0.2, 0.25) is 0 Å². The van der Waals surface area contributed by atoms with Crippen LogP contribution in [0.4, 0.5) is 22.3 Å². The molecule has 9 nitrogen and oxygen atoms in total. The molecule has 4 rings (SSSR count). The van der Waals surface area contributed by atoms with Crippen LogP contribution in [0.15, 0.2) is 36.5 Å². The molecule has 34 heavy (non-hydrogen) atoms. The Morgan fingerprint density at radius 3 is 2.82 bits per heavy atom. The number of piperidine rings is 1. The molecule has 0 bridgehead atoms. The molecule has 0 radical (unpaired) electrons. The molecule has 1 saturated heterocycles. The van der Waals surface area contributed by atoms with Gasteiger partial charge in [0, 0.05) is 44.9 Å². The van der Waals surface area contributed by atoms with Gasteiger partial charge < -0.3 is 20.9 Å². The summed E-state index contributed by atoms with van der Waals surface area (Å²) in [7, 11) is 3.93. The van der Waals surface area contributed by atoms with Crippen molar-refractivity contribution >= 4 is 45.5 Å². The molecule has 1 atom stereocenters. The highest BCUT2D eigenvalue weighted by Crippen LogP contribution is 2.28. The van der Waals surface area contributed by atoms with Crippen LogP contribution in [0.2, 0.25) is 0 Å². The summed E-state index contributed by atoms with van der Waals surface area (Å²) < 4.78 is 4.25. The zero-order valence-corrected chi connectivity index (χ0v) is 20.4. The van der Waals surface area contributed by atoms with Gasteiger partial charge in [-0.3, -0.25) is 9.59 Å². The molecule has 0 saturated carbocycles. The van der Waals surface area contributed by atoms with E-state index >= 15 is 0 Å². The summed E-state index contributed by atoms with van der Waals surface area (Å²) in [6.45, 7) is 3.40. The first kappa shape index (κ1) is 23.6. The number of hydrogen-bond acceptors (Lipinski definition) is 9. The fourth-order valence-corrected chi connectivity index (χ4v) is 4.78. The molecule has 0 unspecified atom stereocenters. The summed E-state index contributed by atoms with van der Waals surface area (Å²) in [6, 6.07) is 9.61. The molecule has 10 heteroatoms. The van der Waals surface area contributed by atoms with Gasteiger partial charge in [0.05, 0.1) is 11.9 Å². The topological polar surface area (TPSA) is 117 Å². The van der Waals surface area contributed by atoms with E-state index < -0.39 is 5.91 Å². The van der Waals surface area contributed by atoms with Crippen molar-refractivity contribution in [2.45, 2.75) is 26.2 Å². The van der Waals surface area contributed by atoms with E-state index in [1.54, 1.807) is 6.20 Å². The third-order valence-electron chi connectivity index (χ3n) is 5.86. The van der Waals surface area contributed by atoms with Crippen LogP contribution >= 0.6 is 11.5 Å². The number of hydrogen-bond donors (Lipinski definition) is 2. The average Bonchev–Trinajstić information content (AvgIpc) is 3.23. The quantitative estimate of drug-likeness (QED) is 0.470. The second-order valence-electron chi connectivity index (χ2n) is 8.77.